The zero-order valence-electron chi connectivity index (χ0n) is 20.8. The van der Waals surface area contributed by atoms with E-state index in [1.54, 1.807) is 27.2 Å². The molecule has 0 spiro atoms. The standard InChI is InChI=1S/C26H29N5O3S2/c1-16-13-17(2)24-22(14-16)35-26(28-24)31-23(15-18(3)29-31)27-25(32)20-8-10-21(11-9-20)36(33,34)30-12-6-5-7-19(30)4/h8-11,13-15,19H,5-7,12H2,1-4H3,(H,27,32). The van der Waals surface area contributed by atoms with Crippen molar-refractivity contribution in [3.8, 4) is 5.13 Å². The molecule has 1 atom stereocenters. The summed E-state index contributed by atoms with van der Waals surface area (Å²) >= 11 is 1.51. The van der Waals surface area contributed by atoms with Gasteiger partial charge in [-0.3, -0.25) is 4.79 Å². The maximum Gasteiger partial charge on any atom is 0.256 e. The van der Waals surface area contributed by atoms with E-state index in [-0.39, 0.29) is 16.8 Å². The Morgan fingerprint density at radius 2 is 1.83 bits per heavy atom. The van der Waals surface area contributed by atoms with Gasteiger partial charge in [-0.1, -0.05) is 23.8 Å². The quantitative estimate of drug-likeness (QED) is 0.387. The van der Waals surface area contributed by atoms with Gasteiger partial charge in [0, 0.05) is 24.2 Å². The van der Waals surface area contributed by atoms with E-state index in [9.17, 15) is 13.2 Å². The molecule has 36 heavy (non-hydrogen) atoms. The lowest BCUT2D eigenvalue weighted by Gasteiger charge is -2.32. The summed E-state index contributed by atoms with van der Waals surface area (Å²) in [6.45, 7) is 8.42. The van der Waals surface area contributed by atoms with Gasteiger partial charge in [0.2, 0.25) is 15.2 Å². The number of carbonyl (C=O) groups excluding carboxylic acids is 1. The predicted octanol–water partition coefficient (Wildman–Crippen LogP) is 5.22. The molecule has 2 aromatic carbocycles. The van der Waals surface area contributed by atoms with Gasteiger partial charge in [-0.15, -0.1) is 0 Å². The van der Waals surface area contributed by atoms with Gasteiger partial charge < -0.3 is 5.32 Å². The monoisotopic (exact) mass is 523 g/mol. The van der Waals surface area contributed by atoms with Gasteiger partial charge in [0.05, 0.1) is 20.8 Å². The minimum Gasteiger partial charge on any atom is -0.306 e. The molecule has 1 N–H and O–H groups in total. The second kappa shape index (κ2) is 9.42. The highest BCUT2D eigenvalue weighted by Crippen LogP contribution is 2.30. The van der Waals surface area contributed by atoms with Gasteiger partial charge >= 0.3 is 0 Å². The molecule has 10 heteroatoms. The SMILES string of the molecule is Cc1cc(C)c2nc(-n3nc(C)cc3NC(=O)c3ccc(S(=O)(=O)N4CCCCC4C)cc3)sc2c1. The highest BCUT2D eigenvalue weighted by atomic mass is 32.2. The van der Waals surface area contributed by atoms with Crippen molar-refractivity contribution in [2.24, 2.45) is 0 Å². The predicted molar refractivity (Wildman–Crippen MR) is 143 cm³/mol. The molecule has 188 valence electrons. The molecule has 0 aliphatic carbocycles. The number of aromatic nitrogens is 3. The Kier molecular flexibility index (Phi) is 6.44. The van der Waals surface area contributed by atoms with Gasteiger partial charge in [0.25, 0.3) is 5.91 Å². The first kappa shape index (κ1) is 24.6. The zero-order chi connectivity index (χ0) is 25.6. The summed E-state index contributed by atoms with van der Waals surface area (Å²) in [5.41, 5.74) is 4.29. The summed E-state index contributed by atoms with van der Waals surface area (Å²) in [6.07, 6.45) is 2.77. The Hall–Kier alpha value is -3.08. The molecule has 4 aromatic rings. The van der Waals surface area contributed by atoms with Crippen LogP contribution in [0.15, 0.2) is 47.4 Å². The first-order valence-corrected chi connectivity index (χ1v) is 14.3. The number of sulfonamides is 1. The molecule has 1 aliphatic rings. The highest BCUT2D eigenvalue weighted by Gasteiger charge is 2.31. The van der Waals surface area contributed by atoms with Crippen molar-refractivity contribution in [1.29, 1.82) is 0 Å². The van der Waals surface area contributed by atoms with E-state index in [4.69, 9.17) is 4.98 Å². The number of nitrogens with zero attached hydrogens (tertiary/aromatic N) is 4. The fourth-order valence-corrected chi connectivity index (χ4v) is 7.52. The number of carbonyl (C=O) groups is 1. The lowest BCUT2D eigenvalue weighted by molar-refractivity contribution is 0.102. The van der Waals surface area contributed by atoms with Crippen molar-refractivity contribution in [2.45, 2.75) is 57.9 Å². The number of fused-ring (bicyclic) bond motifs is 1. The number of amides is 1. The van der Waals surface area contributed by atoms with Gasteiger partial charge in [-0.2, -0.15) is 14.1 Å². The number of hydrogen-bond acceptors (Lipinski definition) is 6. The fraction of sp³-hybridized carbons (Fsp3) is 0.346. The number of anilines is 1. The number of rotatable bonds is 5. The largest absolute Gasteiger partial charge is 0.306 e. The molecule has 1 aliphatic heterocycles. The molecule has 5 rings (SSSR count). The smallest absolute Gasteiger partial charge is 0.256 e. The minimum absolute atomic E-state index is 0.0227. The van der Waals surface area contributed by atoms with Gasteiger partial charge in [0.15, 0.2) is 0 Å². The van der Waals surface area contributed by atoms with Crippen molar-refractivity contribution in [2.75, 3.05) is 11.9 Å². The lowest BCUT2D eigenvalue weighted by atomic mass is 10.1. The maximum atomic E-state index is 13.1. The number of nitrogens with one attached hydrogen (secondary N) is 1. The molecule has 2 aromatic heterocycles. The van der Waals surface area contributed by atoms with Crippen LogP contribution >= 0.6 is 11.3 Å². The maximum absolute atomic E-state index is 13.1. The van der Waals surface area contributed by atoms with Gasteiger partial charge in [0.1, 0.15) is 5.82 Å². The molecule has 1 saturated heterocycles. The van der Waals surface area contributed by atoms with Crippen molar-refractivity contribution < 1.29 is 13.2 Å². The molecule has 1 amide bonds. The molecule has 8 nitrogen and oxygen atoms in total. The Bertz CT molecular complexity index is 1550. The summed E-state index contributed by atoms with van der Waals surface area (Å²) < 4.78 is 30.5. The minimum atomic E-state index is -3.59. The van der Waals surface area contributed by atoms with Crippen LogP contribution in [0.1, 0.15) is 53.4 Å². The van der Waals surface area contributed by atoms with Crippen molar-refractivity contribution in [3.63, 3.8) is 0 Å². The Labute approximate surface area is 215 Å². The first-order valence-electron chi connectivity index (χ1n) is 12.0. The van der Waals surface area contributed by atoms with E-state index in [2.05, 4.69) is 29.5 Å². The van der Waals surface area contributed by atoms with Crippen LogP contribution in [0.25, 0.3) is 15.3 Å². The molecule has 1 fully saturated rings. The first-order chi connectivity index (χ1) is 17.1. The Morgan fingerprint density at radius 3 is 2.56 bits per heavy atom. The summed E-state index contributed by atoms with van der Waals surface area (Å²) in [4.78, 5) is 18.0. The van der Waals surface area contributed by atoms with Crippen molar-refractivity contribution in [3.05, 3.63) is 64.8 Å². The number of hydrogen-bond donors (Lipinski definition) is 1. The van der Waals surface area contributed by atoms with Crippen molar-refractivity contribution >= 4 is 43.3 Å². The van der Waals surface area contributed by atoms with Crippen LogP contribution in [0.3, 0.4) is 0 Å². The summed E-state index contributed by atoms with van der Waals surface area (Å²) in [6, 6.07) is 12.1. The molecule has 0 saturated carbocycles. The van der Waals surface area contributed by atoms with E-state index in [0.717, 1.165) is 40.7 Å². The topological polar surface area (TPSA) is 97.2 Å². The van der Waals surface area contributed by atoms with E-state index in [1.165, 1.54) is 29.0 Å². The molecule has 0 bridgehead atoms. The highest BCUT2D eigenvalue weighted by molar-refractivity contribution is 7.89. The summed E-state index contributed by atoms with van der Waals surface area (Å²) in [7, 11) is -3.59. The molecule has 1 unspecified atom stereocenters. The van der Waals surface area contributed by atoms with Gasteiger partial charge in [-0.05, 0) is 82.0 Å². The number of piperidine rings is 1. The second-order valence-electron chi connectivity index (χ2n) is 9.45. The average Bonchev–Trinajstić information content (AvgIpc) is 3.42. The average molecular weight is 524 g/mol. The molecule has 3 heterocycles. The van der Waals surface area contributed by atoms with Crippen LogP contribution in [-0.4, -0.2) is 46.0 Å². The number of thiazole rings is 1. The summed E-state index contributed by atoms with van der Waals surface area (Å²) in [5.74, 6) is 0.157. The lowest BCUT2D eigenvalue weighted by Crippen LogP contribution is -2.41. The van der Waals surface area contributed by atoms with Crippen LogP contribution in [0.4, 0.5) is 5.82 Å². The molecular formula is C26H29N5O3S2. The van der Waals surface area contributed by atoms with Crippen LogP contribution in [0, 0.1) is 20.8 Å². The van der Waals surface area contributed by atoms with E-state index in [0.29, 0.717) is 23.1 Å². The van der Waals surface area contributed by atoms with Crippen LogP contribution in [0.2, 0.25) is 0 Å². The third-order valence-corrected chi connectivity index (χ3v) is 9.54. The Balaban J connectivity index is 1.39. The zero-order valence-corrected chi connectivity index (χ0v) is 22.4. The fourth-order valence-electron chi connectivity index (χ4n) is 4.71. The molecular weight excluding hydrogens is 494 g/mol. The van der Waals surface area contributed by atoms with E-state index >= 15 is 0 Å². The summed E-state index contributed by atoms with van der Waals surface area (Å²) in [5, 5.41) is 8.12. The van der Waals surface area contributed by atoms with E-state index in [1.807, 2.05) is 20.8 Å². The Morgan fingerprint density at radius 1 is 1.08 bits per heavy atom. The van der Waals surface area contributed by atoms with Crippen LogP contribution in [0.5, 0.6) is 0 Å². The molecule has 0 radical (unpaired) electrons. The van der Waals surface area contributed by atoms with Gasteiger partial charge in [-0.25, -0.2) is 13.4 Å². The normalized spacial score (nSPS) is 16.9. The number of benzene rings is 2. The second-order valence-corrected chi connectivity index (χ2v) is 12.3. The van der Waals surface area contributed by atoms with Crippen molar-refractivity contribution in [1.82, 2.24) is 19.1 Å². The van der Waals surface area contributed by atoms with Crippen LogP contribution in [-0.2, 0) is 10.0 Å². The third kappa shape index (κ3) is 4.56. The van der Waals surface area contributed by atoms with E-state index < -0.39 is 10.0 Å². The number of aryl methyl sites for hydroxylation is 3. The third-order valence-electron chi connectivity index (χ3n) is 6.54. The van der Waals surface area contributed by atoms with Crippen LogP contribution < -0.4 is 5.32 Å².